The molecule has 0 bridgehead atoms. The average Bonchev–Trinajstić information content (AvgIpc) is 2.94. The van der Waals surface area contributed by atoms with E-state index in [1.807, 2.05) is 9.80 Å². The fourth-order valence-corrected chi connectivity index (χ4v) is 5.02. The van der Waals surface area contributed by atoms with Crippen LogP contribution in [0.15, 0.2) is 0 Å². The van der Waals surface area contributed by atoms with E-state index >= 15 is 0 Å². The highest BCUT2D eigenvalue weighted by Gasteiger charge is 2.46. The van der Waals surface area contributed by atoms with E-state index in [0.717, 1.165) is 45.1 Å². The Labute approximate surface area is 151 Å². The van der Waals surface area contributed by atoms with Gasteiger partial charge in [0.15, 0.2) is 0 Å². The minimum absolute atomic E-state index is 0. The number of amides is 1. The molecule has 0 aromatic rings. The third kappa shape index (κ3) is 3.88. The summed E-state index contributed by atoms with van der Waals surface area (Å²) in [7, 11) is 0. The molecule has 3 fully saturated rings. The molecule has 1 N–H and O–H groups in total. The van der Waals surface area contributed by atoms with Crippen LogP contribution < -0.4 is 0 Å². The molecule has 4 unspecified atom stereocenters. The van der Waals surface area contributed by atoms with Crippen LogP contribution in [0.5, 0.6) is 0 Å². The van der Waals surface area contributed by atoms with E-state index in [4.69, 9.17) is 0 Å². The number of likely N-dealkylation sites (tertiary alicyclic amines) is 2. The zero-order valence-electron chi connectivity index (χ0n) is 14.7. The van der Waals surface area contributed by atoms with Gasteiger partial charge in [0.2, 0.25) is 5.91 Å². The number of piperidine rings is 1. The normalized spacial score (nSPS) is 33.6. The van der Waals surface area contributed by atoms with Gasteiger partial charge in [-0.3, -0.25) is 14.5 Å². The number of carbonyl (C=O) groups excluding carboxylic acids is 1. The lowest BCUT2D eigenvalue weighted by atomic mass is 9.85. The summed E-state index contributed by atoms with van der Waals surface area (Å²) in [5.41, 5.74) is 0. The van der Waals surface area contributed by atoms with Gasteiger partial charge in [-0.1, -0.05) is 19.8 Å². The van der Waals surface area contributed by atoms with Gasteiger partial charge >= 0.3 is 5.97 Å². The topological polar surface area (TPSA) is 60.9 Å². The zero-order chi connectivity index (χ0) is 16.4. The van der Waals surface area contributed by atoms with Gasteiger partial charge in [-0.2, -0.15) is 0 Å². The predicted molar refractivity (Wildman–Crippen MR) is 95.4 cm³/mol. The molecule has 5 nitrogen and oxygen atoms in total. The fourth-order valence-electron chi connectivity index (χ4n) is 5.02. The Bertz CT molecular complexity index is 460. The van der Waals surface area contributed by atoms with E-state index in [2.05, 4.69) is 6.92 Å². The number of halogens is 1. The molecular formula is C18H31ClN2O3. The third-order valence-electron chi connectivity index (χ3n) is 6.24. The first-order chi connectivity index (χ1) is 11.1. The summed E-state index contributed by atoms with van der Waals surface area (Å²) in [6, 6.07) is 0.194. The quantitative estimate of drug-likeness (QED) is 0.839. The average molecular weight is 359 g/mol. The Balaban J connectivity index is 0.00000208. The highest BCUT2D eigenvalue weighted by molar-refractivity contribution is 5.85. The van der Waals surface area contributed by atoms with Crippen LogP contribution >= 0.6 is 12.4 Å². The highest BCUT2D eigenvalue weighted by atomic mass is 35.5. The van der Waals surface area contributed by atoms with Crippen LogP contribution in [0, 0.1) is 5.92 Å². The smallest absolute Gasteiger partial charge is 0.320 e. The van der Waals surface area contributed by atoms with E-state index in [0.29, 0.717) is 24.5 Å². The van der Waals surface area contributed by atoms with Crippen molar-refractivity contribution in [1.82, 2.24) is 9.80 Å². The summed E-state index contributed by atoms with van der Waals surface area (Å²) in [6.45, 7) is 3.29. The van der Waals surface area contributed by atoms with Crippen molar-refractivity contribution in [3.63, 3.8) is 0 Å². The number of aliphatic carboxylic acids is 1. The van der Waals surface area contributed by atoms with Gasteiger partial charge in [-0.05, 0) is 50.9 Å². The predicted octanol–water partition coefficient (Wildman–Crippen LogP) is 2.92. The number of rotatable bonds is 4. The Morgan fingerprint density at radius 3 is 2.50 bits per heavy atom. The largest absolute Gasteiger partial charge is 0.480 e. The standard InChI is InChI=1S/C18H30N2O3.ClH/c1-2-14-8-5-6-10-19(14)17(21)12-20-15-9-4-3-7-13(15)11-16(20)18(22)23;/h13-16H,2-12H2,1H3,(H,22,23);1H. The van der Waals surface area contributed by atoms with Crippen molar-refractivity contribution in [2.75, 3.05) is 13.1 Å². The Hall–Kier alpha value is -0.810. The van der Waals surface area contributed by atoms with E-state index in [1.54, 1.807) is 0 Å². The molecule has 1 aliphatic carbocycles. The van der Waals surface area contributed by atoms with Crippen molar-refractivity contribution in [3.05, 3.63) is 0 Å². The van der Waals surface area contributed by atoms with E-state index in [1.165, 1.54) is 19.3 Å². The zero-order valence-corrected chi connectivity index (χ0v) is 15.5. The lowest BCUT2D eigenvalue weighted by Crippen LogP contribution is -2.51. The summed E-state index contributed by atoms with van der Waals surface area (Å²) in [6.07, 6.45) is 9.66. The fraction of sp³-hybridized carbons (Fsp3) is 0.889. The van der Waals surface area contributed by atoms with Gasteiger partial charge < -0.3 is 10.0 Å². The number of hydrogen-bond donors (Lipinski definition) is 1. The van der Waals surface area contributed by atoms with Gasteiger partial charge in [0, 0.05) is 18.6 Å². The summed E-state index contributed by atoms with van der Waals surface area (Å²) >= 11 is 0. The third-order valence-corrected chi connectivity index (χ3v) is 6.24. The maximum Gasteiger partial charge on any atom is 0.320 e. The van der Waals surface area contributed by atoms with Gasteiger partial charge in [-0.15, -0.1) is 12.4 Å². The summed E-state index contributed by atoms with van der Waals surface area (Å²) in [5.74, 6) is -0.132. The van der Waals surface area contributed by atoms with Crippen LogP contribution in [0.3, 0.4) is 0 Å². The molecule has 4 atom stereocenters. The van der Waals surface area contributed by atoms with Crippen molar-refractivity contribution in [2.45, 2.75) is 82.8 Å². The first-order valence-corrected chi connectivity index (χ1v) is 9.39. The molecule has 3 rings (SSSR count). The number of hydrogen-bond acceptors (Lipinski definition) is 3. The second-order valence-electron chi connectivity index (χ2n) is 7.52. The van der Waals surface area contributed by atoms with Crippen molar-refractivity contribution in [1.29, 1.82) is 0 Å². The Morgan fingerprint density at radius 1 is 1.08 bits per heavy atom. The molecule has 3 aliphatic rings. The van der Waals surface area contributed by atoms with Gasteiger partial charge in [0.05, 0.1) is 6.54 Å². The van der Waals surface area contributed by atoms with E-state index in [-0.39, 0.29) is 18.3 Å². The molecule has 24 heavy (non-hydrogen) atoms. The maximum atomic E-state index is 12.9. The van der Waals surface area contributed by atoms with E-state index < -0.39 is 12.0 Å². The lowest BCUT2D eigenvalue weighted by molar-refractivity contribution is -0.145. The van der Waals surface area contributed by atoms with Crippen LogP contribution in [0.25, 0.3) is 0 Å². The molecule has 1 amide bonds. The first-order valence-electron chi connectivity index (χ1n) is 9.39. The number of carboxylic acid groups (broad SMARTS) is 1. The van der Waals surface area contributed by atoms with Crippen molar-refractivity contribution >= 4 is 24.3 Å². The minimum Gasteiger partial charge on any atom is -0.480 e. The monoisotopic (exact) mass is 358 g/mol. The van der Waals surface area contributed by atoms with Crippen molar-refractivity contribution in [2.24, 2.45) is 5.92 Å². The molecule has 0 aromatic carbocycles. The number of carboxylic acids is 1. The van der Waals surface area contributed by atoms with Crippen LogP contribution in [0.1, 0.15) is 64.7 Å². The van der Waals surface area contributed by atoms with Crippen LogP contribution in [-0.2, 0) is 9.59 Å². The molecule has 0 aromatic heterocycles. The molecule has 2 heterocycles. The molecule has 138 valence electrons. The van der Waals surface area contributed by atoms with Crippen molar-refractivity contribution < 1.29 is 14.7 Å². The Kier molecular flexibility index (Phi) is 6.93. The summed E-state index contributed by atoms with van der Waals surface area (Å²) < 4.78 is 0. The SMILES string of the molecule is CCC1CCCCN1C(=O)CN1C(C(=O)O)CC2CCCCC21.Cl. The molecule has 1 saturated carbocycles. The maximum absolute atomic E-state index is 12.9. The van der Waals surface area contributed by atoms with Gasteiger partial charge in [0.1, 0.15) is 6.04 Å². The molecule has 2 aliphatic heterocycles. The highest BCUT2D eigenvalue weighted by Crippen LogP contribution is 2.39. The van der Waals surface area contributed by atoms with Crippen molar-refractivity contribution in [3.8, 4) is 0 Å². The Morgan fingerprint density at radius 2 is 1.79 bits per heavy atom. The summed E-state index contributed by atoms with van der Waals surface area (Å²) in [5, 5.41) is 9.59. The van der Waals surface area contributed by atoms with Gasteiger partial charge in [0.25, 0.3) is 0 Å². The minimum atomic E-state index is -0.752. The molecular weight excluding hydrogens is 328 g/mol. The number of nitrogens with zero attached hydrogens (tertiary/aromatic N) is 2. The molecule has 0 spiro atoms. The second-order valence-corrected chi connectivity index (χ2v) is 7.52. The van der Waals surface area contributed by atoms with E-state index in [9.17, 15) is 14.7 Å². The number of fused-ring (bicyclic) bond motifs is 1. The van der Waals surface area contributed by atoms with Crippen LogP contribution in [-0.4, -0.2) is 58.0 Å². The van der Waals surface area contributed by atoms with Crippen LogP contribution in [0.2, 0.25) is 0 Å². The molecule has 6 heteroatoms. The van der Waals surface area contributed by atoms with Crippen LogP contribution in [0.4, 0.5) is 0 Å². The second kappa shape index (κ2) is 8.52. The number of carbonyl (C=O) groups is 2. The lowest BCUT2D eigenvalue weighted by Gasteiger charge is -2.38. The van der Waals surface area contributed by atoms with Gasteiger partial charge in [-0.25, -0.2) is 0 Å². The first kappa shape index (κ1) is 19.5. The summed E-state index contributed by atoms with van der Waals surface area (Å²) in [4.78, 5) is 28.6. The molecule has 0 radical (unpaired) electrons. The molecule has 2 saturated heterocycles.